The Bertz CT molecular complexity index is 442. The van der Waals surface area contributed by atoms with Crippen LogP contribution in [0.3, 0.4) is 0 Å². The highest BCUT2D eigenvalue weighted by molar-refractivity contribution is 5.88. The number of aromatic nitrogens is 2. The number of carboxylic acids is 1. The van der Waals surface area contributed by atoms with Crippen molar-refractivity contribution in [3.8, 4) is 0 Å². The van der Waals surface area contributed by atoms with Gasteiger partial charge >= 0.3 is 12.0 Å². The van der Waals surface area contributed by atoms with Crippen molar-refractivity contribution in [2.24, 2.45) is 7.05 Å². The van der Waals surface area contributed by atoms with E-state index in [1.807, 2.05) is 6.07 Å². The summed E-state index contributed by atoms with van der Waals surface area (Å²) in [6, 6.07) is 1.48. The van der Waals surface area contributed by atoms with E-state index >= 15 is 0 Å². The molecule has 1 aromatic heterocycles. The monoisotopic (exact) mass is 268 g/mol. The van der Waals surface area contributed by atoms with E-state index in [9.17, 15) is 9.59 Å². The van der Waals surface area contributed by atoms with E-state index in [-0.39, 0.29) is 12.5 Å². The molecule has 0 aliphatic carbocycles. The van der Waals surface area contributed by atoms with E-state index in [1.54, 1.807) is 11.7 Å². The number of nitrogens with one attached hydrogen (secondary N) is 2. The van der Waals surface area contributed by atoms with E-state index in [4.69, 9.17) is 5.11 Å². The second kappa shape index (κ2) is 7.40. The normalized spacial score (nSPS) is 10.2. The van der Waals surface area contributed by atoms with Crippen LogP contribution in [-0.4, -0.2) is 33.4 Å². The third-order valence-electron chi connectivity index (χ3n) is 2.53. The van der Waals surface area contributed by atoms with Crippen molar-refractivity contribution in [3.63, 3.8) is 0 Å². The molecule has 0 saturated heterocycles. The zero-order chi connectivity index (χ0) is 14.3. The first-order valence-corrected chi connectivity index (χ1v) is 6.32. The topological polar surface area (TPSA) is 96.3 Å². The Kier molecular flexibility index (Phi) is 5.84. The van der Waals surface area contributed by atoms with Gasteiger partial charge in [0.2, 0.25) is 0 Å². The van der Waals surface area contributed by atoms with Gasteiger partial charge in [0, 0.05) is 26.1 Å². The molecule has 0 aliphatic heterocycles. The number of carbonyl (C=O) groups excluding carboxylic acids is 1. The molecule has 0 saturated carbocycles. The Balaban J connectivity index is 2.37. The Morgan fingerprint density at radius 1 is 1.47 bits per heavy atom. The largest absolute Gasteiger partial charge is 0.481 e. The van der Waals surface area contributed by atoms with Crippen LogP contribution in [0.1, 0.15) is 31.9 Å². The van der Waals surface area contributed by atoms with Crippen molar-refractivity contribution in [1.29, 1.82) is 0 Å². The summed E-state index contributed by atoms with van der Waals surface area (Å²) in [6.07, 6.45) is 2.33. The van der Waals surface area contributed by atoms with Gasteiger partial charge in [-0.15, -0.1) is 0 Å². The predicted octanol–water partition coefficient (Wildman–Crippen LogP) is 1.36. The van der Waals surface area contributed by atoms with Gasteiger partial charge in [-0.3, -0.25) is 14.8 Å². The average molecular weight is 268 g/mol. The lowest BCUT2D eigenvalue weighted by atomic mass is 10.2. The second-order valence-electron chi connectivity index (χ2n) is 4.27. The third-order valence-corrected chi connectivity index (χ3v) is 2.53. The fourth-order valence-electron chi connectivity index (χ4n) is 1.62. The van der Waals surface area contributed by atoms with E-state index in [0.717, 1.165) is 18.5 Å². The summed E-state index contributed by atoms with van der Waals surface area (Å²) in [5.74, 6) is -0.239. The molecule has 1 aromatic rings. The second-order valence-corrected chi connectivity index (χ2v) is 4.27. The molecule has 0 atom stereocenters. The molecule has 0 unspecified atom stereocenters. The Labute approximate surface area is 112 Å². The van der Waals surface area contributed by atoms with Gasteiger partial charge in [-0.05, 0) is 12.8 Å². The van der Waals surface area contributed by atoms with Gasteiger partial charge in [-0.2, -0.15) is 5.10 Å². The summed E-state index contributed by atoms with van der Waals surface area (Å²) in [6.45, 7) is 2.40. The lowest BCUT2D eigenvalue weighted by Crippen LogP contribution is -2.30. The molecule has 0 spiro atoms. The van der Waals surface area contributed by atoms with Crippen molar-refractivity contribution in [2.75, 3.05) is 11.9 Å². The van der Waals surface area contributed by atoms with Gasteiger partial charge in [-0.25, -0.2) is 4.79 Å². The van der Waals surface area contributed by atoms with Crippen molar-refractivity contribution in [2.45, 2.75) is 32.6 Å². The van der Waals surface area contributed by atoms with Crippen LogP contribution in [0.15, 0.2) is 6.07 Å². The molecule has 7 nitrogen and oxygen atoms in total. The van der Waals surface area contributed by atoms with Gasteiger partial charge in [0.05, 0.1) is 5.69 Å². The molecule has 0 fully saturated rings. The molecule has 1 rings (SSSR count). The number of aryl methyl sites for hydroxylation is 2. The van der Waals surface area contributed by atoms with E-state index in [1.165, 1.54) is 0 Å². The van der Waals surface area contributed by atoms with Crippen LogP contribution in [0.25, 0.3) is 0 Å². The molecule has 3 N–H and O–H groups in total. The van der Waals surface area contributed by atoms with Crippen LogP contribution in [0.5, 0.6) is 0 Å². The fraction of sp³-hybridized carbons (Fsp3) is 0.583. The first kappa shape index (κ1) is 15.0. The summed E-state index contributed by atoms with van der Waals surface area (Å²) >= 11 is 0. The first-order valence-electron chi connectivity index (χ1n) is 6.32. The molecule has 0 aromatic carbocycles. The molecule has 106 valence electrons. The first-order chi connectivity index (χ1) is 9.02. The Morgan fingerprint density at radius 2 is 2.21 bits per heavy atom. The van der Waals surface area contributed by atoms with Gasteiger partial charge in [0.15, 0.2) is 0 Å². The van der Waals surface area contributed by atoms with Crippen LogP contribution in [-0.2, 0) is 18.3 Å². The third kappa shape index (κ3) is 5.41. The van der Waals surface area contributed by atoms with Crippen LogP contribution >= 0.6 is 0 Å². The molecule has 0 radical (unpaired) electrons. The Hall–Kier alpha value is -2.05. The zero-order valence-electron chi connectivity index (χ0n) is 11.3. The molecule has 19 heavy (non-hydrogen) atoms. The number of rotatable bonds is 7. The highest BCUT2D eigenvalue weighted by atomic mass is 16.4. The Morgan fingerprint density at radius 3 is 2.84 bits per heavy atom. The van der Waals surface area contributed by atoms with Crippen molar-refractivity contribution in [1.82, 2.24) is 15.1 Å². The smallest absolute Gasteiger partial charge is 0.320 e. The summed E-state index contributed by atoms with van der Waals surface area (Å²) in [5.41, 5.74) is 0.936. The quantitative estimate of drug-likeness (QED) is 0.650. The van der Waals surface area contributed by atoms with Gasteiger partial charge < -0.3 is 10.4 Å². The summed E-state index contributed by atoms with van der Waals surface area (Å²) in [4.78, 5) is 21.9. The molecule has 0 aliphatic rings. The summed E-state index contributed by atoms with van der Waals surface area (Å²) < 4.78 is 1.61. The number of carbonyl (C=O) groups is 2. The maximum atomic E-state index is 11.6. The number of hydrogen-bond acceptors (Lipinski definition) is 3. The standard InChI is InChI=1S/C12H20N4O3/c1-3-5-9-8-10(16(2)15-9)14-12(19)13-7-4-6-11(17)18/h8H,3-7H2,1-2H3,(H,17,18)(H2,13,14,19). The van der Waals surface area contributed by atoms with Gasteiger partial charge in [0.25, 0.3) is 0 Å². The molecule has 1 heterocycles. The van der Waals surface area contributed by atoms with E-state index in [2.05, 4.69) is 22.7 Å². The minimum atomic E-state index is -0.863. The molecular formula is C12H20N4O3. The number of hydrogen-bond donors (Lipinski definition) is 3. The van der Waals surface area contributed by atoms with Crippen LogP contribution in [0, 0.1) is 0 Å². The maximum absolute atomic E-state index is 11.6. The zero-order valence-corrected chi connectivity index (χ0v) is 11.3. The average Bonchev–Trinajstić information content (AvgIpc) is 2.66. The van der Waals surface area contributed by atoms with E-state index in [0.29, 0.717) is 18.8 Å². The van der Waals surface area contributed by atoms with Crippen LogP contribution in [0.2, 0.25) is 0 Å². The van der Waals surface area contributed by atoms with Crippen LogP contribution < -0.4 is 10.6 Å². The highest BCUT2D eigenvalue weighted by Gasteiger charge is 2.08. The molecule has 2 amide bonds. The lowest BCUT2D eigenvalue weighted by molar-refractivity contribution is -0.137. The summed E-state index contributed by atoms with van der Waals surface area (Å²) in [5, 5.41) is 18.0. The van der Waals surface area contributed by atoms with E-state index < -0.39 is 5.97 Å². The van der Waals surface area contributed by atoms with Crippen molar-refractivity contribution < 1.29 is 14.7 Å². The van der Waals surface area contributed by atoms with Gasteiger partial charge in [0.1, 0.15) is 5.82 Å². The minimum absolute atomic E-state index is 0.0483. The lowest BCUT2D eigenvalue weighted by Gasteiger charge is -2.06. The number of urea groups is 1. The molecular weight excluding hydrogens is 248 g/mol. The van der Waals surface area contributed by atoms with Crippen molar-refractivity contribution in [3.05, 3.63) is 11.8 Å². The predicted molar refractivity (Wildman–Crippen MR) is 71.1 cm³/mol. The summed E-state index contributed by atoms with van der Waals surface area (Å²) in [7, 11) is 1.76. The SMILES string of the molecule is CCCc1cc(NC(=O)NCCCC(=O)O)n(C)n1. The molecule has 0 bridgehead atoms. The number of nitrogens with zero attached hydrogens (tertiary/aromatic N) is 2. The fourth-order valence-corrected chi connectivity index (χ4v) is 1.62. The number of aliphatic carboxylic acids is 1. The number of carboxylic acid groups (broad SMARTS) is 1. The van der Waals surface area contributed by atoms with Crippen molar-refractivity contribution >= 4 is 17.8 Å². The minimum Gasteiger partial charge on any atom is -0.481 e. The number of anilines is 1. The maximum Gasteiger partial charge on any atom is 0.320 e. The van der Waals surface area contributed by atoms with Crippen LogP contribution in [0.4, 0.5) is 10.6 Å². The highest BCUT2D eigenvalue weighted by Crippen LogP contribution is 2.10. The molecule has 7 heteroatoms. The van der Waals surface area contributed by atoms with Gasteiger partial charge in [-0.1, -0.05) is 13.3 Å². The number of amides is 2.